The summed E-state index contributed by atoms with van der Waals surface area (Å²) in [6, 6.07) is 0. The Labute approximate surface area is 61.4 Å². The Balaban J connectivity index is 3.46. The molecule has 0 rings (SSSR count). The molecule has 0 saturated carbocycles. The molecule has 0 saturated heterocycles. The first-order chi connectivity index (χ1) is 4.45. The summed E-state index contributed by atoms with van der Waals surface area (Å²) in [6.07, 6.45) is 0.468. The predicted molar refractivity (Wildman–Crippen MR) is 39.6 cm³/mol. The van der Waals surface area contributed by atoms with Crippen molar-refractivity contribution in [2.45, 2.75) is 32.8 Å². The van der Waals surface area contributed by atoms with Crippen LogP contribution in [0.3, 0.4) is 0 Å². The third-order valence-electron chi connectivity index (χ3n) is 1.04. The highest BCUT2D eigenvalue weighted by Crippen LogP contribution is 1.96. The van der Waals surface area contributed by atoms with Crippen molar-refractivity contribution in [3.63, 3.8) is 0 Å². The first-order valence-electron chi connectivity index (χ1n) is 3.45. The molecule has 3 nitrogen and oxygen atoms in total. The van der Waals surface area contributed by atoms with E-state index in [2.05, 4.69) is 5.32 Å². The number of hydrogen-bond acceptors (Lipinski definition) is 2. The summed E-state index contributed by atoms with van der Waals surface area (Å²) < 4.78 is 0. The SMILES string of the molecule is CCC(=O)NCC(C)(C)O. The van der Waals surface area contributed by atoms with Crippen molar-refractivity contribution in [2.24, 2.45) is 0 Å². The van der Waals surface area contributed by atoms with Gasteiger partial charge >= 0.3 is 0 Å². The second kappa shape index (κ2) is 3.56. The van der Waals surface area contributed by atoms with Crippen LogP contribution in [-0.4, -0.2) is 23.2 Å². The molecule has 2 N–H and O–H groups in total. The fourth-order valence-corrected chi connectivity index (χ4v) is 0.440. The summed E-state index contributed by atoms with van der Waals surface area (Å²) in [5.74, 6) is -0.0258. The van der Waals surface area contributed by atoms with E-state index < -0.39 is 5.60 Å². The fraction of sp³-hybridized carbons (Fsp3) is 0.857. The van der Waals surface area contributed by atoms with Crippen molar-refractivity contribution in [1.29, 1.82) is 0 Å². The van der Waals surface area contributed by atoms with Gasteiger partial charge in [0.25, 0.3) is 0 Å². The summed E-state index contributed by atoms with van der Waals surface area (Å²) in [7, 11) is 0. The van der Waals surface area contributed by atoms with E-state index in [1.165, 1.54) is 0 Å². The lowest BCUT2D eigenvalue weighted by molar-refractivity contribution is -0.121. The van der Waals surface area contributed by atoms with E-state index >= 15 is 0 Å². The zero-order chi connectivity index (χ0) is 8.20. The van der Waals surface area contributed by atoms with Crippen LogP contribution < -0.4 is 5.32 Å². The van der Waals surface area contributed by atoms with E-state index in [-0.39, 0.29) is 5.91 Å². The minimum atomic E-state index is -0.801. The van der Waals surface area contributed by atoms with E-state index in [4.69, 9.17) is 5.11 Å². The molecule has 0 fully saturated rings. The zero-order valence-corrected chi connectivity index (χ0v) is 6.77. The van der Waals surface area contributed by atoms with Gasteiger partial charge in [-0.1, -0.05) is 6.92 Å². The highest BCUT2D eigenvalue weighted by Gasteiger charge is 2.12. The average molecular weight is 145 g/mol. The number of aliphatic hydroxyl groups is 1. The maximum atomic E-state index is 10.6. The van der Waals surface area contributed by atoms with Crippen LogP contribution in [0.5, 0.6) is 0 Å². The molecule has 0 bridgehead atoms. The molecule has 60 valence electrons. The van der Waals surface area contributed by atoms with E-state index in [0.717, 1.165) is 0 Å². The number of carbonyl (C=O) groups excluding carboxylic acids is 1. The third kappa shape index (κ3) is 5.56. The van der Waals surface area contributed by atoms with Gasteiger partial charge in [0.15, 0.2) is 0 Å². The fourth-order valence-electron chi connectivity index (χ4n) is 0.440. The van der Waals surface area contributed by atoms with Gasteiger partial charge in [0.2, 0.25) is 5.91 Å². The molecule has 3 heteroatoms. The van der Waals surface area contributed by atoms with Gasteiger partial charge in [0, 0.05) is 13.0 Å². The molecule has 1 amide bonds. The summed E-state index contributed by atoms with van der Waals surface area (Å²) >= 11 is 0. The van der Waals surface area contributed by atoms with Crippen molar-refractivity contribution >= 4 is 5.91 Å². The van der Waals surface area contributed by atoms with E-state index in [1.807, 2.05) is 0 Å². The molecule has 0 spiro atoms. The van der Waals surface area contributed by atoms with Gasteiger partial charge in [-0.3, -0.25) is 4.79 Å². The average Bonchev–Trinajstić information content (AvgIpc) is 1.81. The smallest absolute Gasteiger partial charge is 0.219 e. The van der Waals surface area contributed by atoms with Crippen LogP contribution in [-0.2, 0) is 4.79 Å². The molecule has 0 aliphatic heterocycles. The third-order valence-corrected chi connectivity index (χ3v) is 1.04. The number of hydrogen-bond donors (Lipinski definition) is 2. The van der Waals surface area contributed by atoms with Gasteiger partial charge in [-0.15, -0.1) is 0 Å². The van der Waals surface area contributed by atoms with Gasteiger partial charge in [0.1, 0.15) is 0 Å². The first-order valence-corrected chi connectivity index (χ1v) is 3.45. The standard InChI is InChI=1S/C7H15NO2/c1-4-6(9)8-5-7(2,3)10/h10H,4-5H2,1-3H3,(H,8,9). The molecular formula is C7H15NO2. The van der Waals surface area contributed by atoms with Gasteiger partial charge in [-0.05, 0) is 13.8 Å². The van der Waals surface area contributed by atoms with Crippen LogP contribution in [0.1, 0.15) is 27.2 Å². The van der Waals surface area contributed by atoms with Gasteiger partial charge < -0.3 is 10.4 Å². The Kier molecular flexibility index (Phi) is 3.36. The van der Waals surface area contributed by atoms with Crippen LogP contribution in [0.4, 0.5) is 0 Å². The van der Waals surface area contributed by atoms with Crippen molar-refractivity contribution in [3.8, 4) is 0 Å². The van der Waals surface area contributed by atoms with Crippen LogP contribution in [0.25, 0.3) is 0 Å². The van der Waals surface area contributed by atoms with Crippen LogP contribution in [0, 0.1) is 0 Å². The van der Waals surface area contributed by atoms with Gasteiger partial charge in [-0.25, -0.2) is 0 Å². The molecule has 0 atom stereocenters. The normalized spacial score (nSPS) is 11.2. The molecule has 10 heavy (non-hydrogen) atoms. The van der Waals surface area contributed by atoms with Crippen molar-refractivity contribution in [2.75, 3.05) is 6.54 Å². The summed E-state index contributed by atoms with van der Waals surface area (Å²) in [5, 5.41) is 11.7. The molecule has 0 aliphatic carbocycles. The lowest BCUT2D eigenvalue weighted by Gasteiger charge is -2.16. The summed E-state index contributed by atoms with van der Waals surface area (Å²) in [5.41, 5.74) is -0.801. The Morgan fingerprint density at radius 1 is 1.60 bits per heavy atom. The highest BCUT2D eigenvalue weighted by molar-refractivity contribution is 5.75. The van der Waals surface area contributed by atoms with E-state index in [9.17, 15) is 4.79 Å². The molecular weight excluding hydrogens is 130 g/mol. The molecule has 0 aromatic heterocycles. The molecule has 0 aromatic rings. The monoisotopic (exact) mass is 145 g/mol. The van der Waals surface area contributed by atoms with Crippen molar-refractivity contribution in [3.05, 3.63) is 0 Å². The Hall–Kier alpha value is -0.570. The second-order valence-electron chi connectivity index (χ2n) is 2.94. The lowest BCUT2D eigenvalue weighted by atomic mass is 10.1. The lowest BCUT2D eigenvalue weighted by Crippen LogP contribution is -2.37. The Morgan fingerprint density at radius 2 is 2.10 bits per heavy atom. The Morgan fingerprint density at radius 3 is 2.40 bits per heavy atom. The van der Waals surface area contributed by atoms with Gasteiger partial charge in [-0.2, -0.15) is 0 Å². The van der Waals surface area contributed by atoms with E-state index in [0.29, 0.717) is 13.0 Å². The number of nitrogens with one attached hydrogen (secondary N) is 1. The van der Waals surface area contributed by atoms with Crippen LogP contribution >= 0.6 is 0 Å². The van der Waals surface area contributed by atoms with Crippen molar-refractivity contribution in [1.82, 2.24) is 5.32 Å². The molecule has 0 aromatic carbocycles. The number of amides is 1. The molecule has 0 unspecified atom stereocenters. The molecule has 0 aliphatic rings. The minimum absolute atomic E-state index is 0.0258. The molecule has 0 radical (unpaired) electrons. The second-order valence-corrected chi connectivity index (χ2v) is 2.94. The maximum absolute atomic E-state index is 10.6. The first kappa shape index (κ1) is 9.43. The zero-order valence-electron chi connectivity index (χ0n) is 6.77. The quantitative estimate of drug-likeness (QED) is 0.599. The maximum Gasteiger partial charge on any atom is 0.219 e. The van der Waals surface area contributed by atoms with Crippen molar-refractivity contribution < 1.29 is 9.90 Å². The summed E-state index contributed by atoms with van der Waals surface area (Å²) in [4.78, 5) is 10.6. The largest absolute Gasteiger partial charge is 0.389 e. The number of carbonyl (C=O) groups is 1. The highest BCUT2D eigenvalue weighted by atomic mass is 16.3. The van der Waals surface area contributed by atoms with Crippen LogP contribution in [0.2, 0.25) is 0 Å². The molecule has 0 heterocycles. The number of rotatable bonds is 3. The summed E-state index contributed by atoms with van der Waals surface area (Å²) in [6.45, 7) is 5.41. The van der Waals surface area contributed by atoms with E-state index in [1.54, 1.807) is 20.8 Å². The topological polar surface area (TPSA) is 49.3 Å². The Bertz CT molecular complexity index is 115. The van der Waals surface area contributed by atoms with Crippen LogP contribution in [0.15, 0.2) is 0 Å². The van der Waals surface area contributed by atoms with Gasteiger partial charge in [0.05, 0.1) is 5.60 Å². The predicted octanol–water partition coefficient (Wildman–Crippen LogP) is 0.283. The minimum Gasteiger partial charge on any atom is -0.389 e.